The van der Waals surface area contributed by atoms with Crippen molar-refractivity contribution in [2.45, 2.75) is 31.6 Å². The van der Waals surface area contributed by atoms with Gasteiger partial charge in [0.1, 0.15) is 5.65 Å². The molecule has 1 aromatic carbocycles. The molecule has 4 aromatic rings. The lowest BCUT2D eigenvalue weighted by Gasteiger charge is -2.38. The van der Waals surface area contributed by atoms with Crippen LogP contribution in [0.15, 0.2) is 55.0 Å². The molecule has 3 aromatic heterocycles. The number of fused-ring (bicyclic) bond motifs is 3. The van der Waals surface area contributed by atoms with Crippen molar-refractivity contribution < 1.29 is 4.79 Å². The SMILES string of the molecule is Cc1ncccc1-c1cnc2[nH]cc(-c3ccc4c(c3)C3(CCN(C)CC3)CC4=O)c2c1. The van der Waals surface area contributed by atoms with Gasteiger partial charge in [0, 0.05) is 63.8 Å². The quantitative estimate of drug-likeness (QED) is 0.485. The number of nitrogens with one attached hydrogen (secondary N) is 1. The number of carbonyl (C=O) groups is 1. The predicted molar refractivity (Wildman–Crippen MR) is 127 cm³/mol. The minimum absolute atomic E-state index is 0.00270. The fourth-order valence-electron chi connectivity index (χ4n) is 5.56. The third-order valence-corrected chi connectivity index (χ3v) is 7.49. The van der Waals surface area contributed by atoms with Gasteiger partial charge in [-0.1, -0.05) is 18.2 Å². The van der Waals surface area contributed by atoms with Gasteiger partial charge >= 0.3 is 0 Å². The fraction of sp³-hybridized carbons (Fsp3) is 0.296. The van der Waals surface area contributed by atoms with Crippen LogP contribution in [0.4, 0.5) is 0 Å². The Bertz CT molecular complexity index is 1360. The van der Waals surface area contributed by atoms with Crippen LogP contribution in [0.3, 0.4) is 0 Å². The number of hydrogen-bond donors (Lipinski definition) is 1. The number of aryl methyl sites for hydroxylation is 1. The van der Waals surface area contributed by atoms with E-state index in [-0.39, 0.29) is 5.41 Å². The van der Waals surface area contributed by atoms with E-state index >= 15 is 0 Å². The zero-order valence-electron chi connectivity index (χ0n) is 18.5. The van der Waals surface area contributed by atoms with E-state index in [1.54, 1.807) is 0 Å². The number of pyridine rings is 2. The van der Waals surface area contributed by atoms with E-state index in [1.165, 1.54) is 5.56 Å². The van der Waals surface area contributed by atoms with E-state index in [2.05, 4.69) is 51.2 Å². The van der Waals surface area contributed by atoms with Gasteiger partial charge in [-0.15, -0.1) is 0 Å². The smallest absolute Gasteiger partial charge is 0.164 e. The Kier molecular flexibility index (Phi) is 4.30. The molecular formula is C27H26N4O. The summed E-state index contributed by atoms with van der Waals surface area (Å²) in [5.74, 6) is 0.297. The lowest BCUT2D eigenvalue weighted by atomic mass is 9.73. The van der Waals surface area contributed by atoms with Crippen LogP contribution in [0.2, 0.25) is 0 Å². The first-order valence-electron chi connectivity index (χ1n) is 11.3. The highest BCUT2D eigenvalue weighted by Gasteiger charge is 2.44. The van der Waals surface area contributed by atoms with E-state index in [4.69, 9.17) is 0 Å². The van der Waals surface area contributed by atoms with Crippen LogP contribution in [0, 0.1) is 6.92 Å². The average Bonchev–Trinajstić information content (AvgIpc) is 3.35. The third-order valence-electron chi connectivity index (χ3n) is 7.49. The molecule has 160 valence electrons. The Labute approximate surface area is 187 Å². The molecule has 0 radical (unpaired) electrons. The van der Waals surface area contributed by atoms with Crippen molar-refractivity contribution in [3.63, 3.8) is 0 Å². The van der Waals surface area contributed by atoms with Gasteiger partial charge in [0.2, 0.25) is 0 Å². The zero-order chi connectivity index (χ0) is 21.9. The van der Waals surface area contributed by atoms with Crippen molar-refractivity contribution in [1.29, 1.82) is 0 Å². The first-order chi connectivity index (χ1) is 15.5. The van der Waals surface area contributed by atoms with Crippen LogP contribution >= 0.6 is 0 Å². The molecule has 5 heteroatoms. The number of likely N-dealkylation sites (tertiary alicyclic amines) is 1. The van der Waals surface area contributed by atoms with Gasteiger partial charge < -0.3 is 9.88 Å². The Hall–Kier alpha value is -3.31. The number of nitrogens with zero attached hydrogens (tertiary/aromatic N) is 3. The molecule has 1 saturated heterocycles. The molecule has 1 fully saturated rings. The Morgan fingerprint density at radius 3 is 2.66 bits per heavy atom. The van der Waals surface area contributed by atoms with Crippen LogP contribution in [0.1, 0.15) is 40.9 Å². The van der Waals surface area contributed by atoms with Crippen LogP contribution in [0.5, 0.6) is 0 Å². The topological polar surface area (TPSA) is 61.9 Å². The molecule has 1 aliphatic heterocycles. The molecule has 6 rings (SSSR count). The fourth-order valence-corrected chi connectivity index (χ4v) is 5.56. The molecule has 0 saturated carbocycles. The number of carbonyl (C=O) groups excluding carboxylic acids is 1. The number of rotatable bonds is 2. The molecule has 5 nitrogen and oxygen atoms in total. The summed E-state index contributed by atoms with van der Waals surface area (Å²) in [5, 5.41) is 1.09. The second kappa shape index (κ2) is 7.10. The van der Waals surface area contributed by atoms with Crippen molar-refractivity contribution >= 4 is 16.8 Å². The Morgan fingerprint density at radius 1 is 1.00 bits per heavy atom. The Morgan fingerprint density at radius 2 is 1.84 bits per heavy atom. The number of aromatic nitrogens is 3. The van der Waals surface area contributed by atoms with Gasteiger partial charge in [0.25, 0.3) is 0 Å². The van der Waals surface area contributed by atoms with E-state index in [0.29, 0.717) is 12.2 Å². The van der Waals surface area contributed by atoms with Crippen LogP contribution in [0.25, 0.3) is 33.3 Å². The largest absolute Gasteiger partial charge is 0.346 e. The van der Waals surface area contributed by atoms with E-state index in [9.17, 15) is 4.79 Å². The normalized spacial score (nSPS) is 17.9. The molecule has 4 heterocycles. The average molecular weight is 423 g/mol. The summed E-state index contributed by atoms with van der Waals surface area (Å²) >= 11 is 0. The molecule has 0 amide bonds. The summed E-state index contributed by atoms with van der Waals surface area (Å²) in [6, 6.07) is 12.7. The molecule has 0 atom stereocenters. The first kappa shape index (κ1) is 19.4. The van der Waals surface area contributed by atoms with Crippen molar-refractivity contribution in [1.82, 2.24) is 19.9 Å². The maximum Gasteiger partial charge on any atom is 0.164 e. The first-order valence-corrected chi connectivity index (χ1v) is 11.3. The molecule has 0 unspecified atom stereocenters. The molecule has 1 aliphatic carbocycles. The van der Waals surface area contributed by atoms with E-state index in [0.717, 1.165) is 70.5 Å². The maximum absolute atomic E-state index is 12.8. The highest BCUT2D eigenvalue weighted by molar-refractivity contribution is 6.04. The second-order valence-electron chi connectivity index (χ2n) is 9.40. The van der Waals surface area contributed by atoms with Gasteiger partial charge in [-0.2, -0.15) is 0 Å². The summed E-state index contributed by atoms with van der Waals surface area (Å²) in [5.41, 5.74) is 8.45. The second-order valence-corrected chi connectivity index (χ2v) is 9.40. The molecule has 32 heavy (non-hydrogen) atoms. The van der Waals surface area contributed by atoms with Gasteiger partial charge in [-0.25, -0.2) is 4.98 Å². The van der Waals surface area contributed by atoms with Crippen molar-refractivity contribution in [3.8, 4) is 22.3 Å². The van der Waals surface area contributed by atoms with Crippen LogP contribution < -0.4 is 0 Å². The number of hydrogen-bond acceptors (Lipinski definition) is 4. The summed E-state index contributed by atoms with van der Waals surface area (Å²) in [7, 11) is 2.17. The van der Waals surface area contributed by atoms with Crippen LogP contribution in [-0.4, -0.2) is 45.8 Å². The molecular weight excluding hydrogens is 396 g/mol. The number of aromatic amines is 1. The number of Topliss-reactive ketones (excluding diaryl/α,β-unsaturated/α-hetero) is 1. The van der Waals surface area contributed by atoms with Gasteiger partial charge in [-0.3, -0.25) is 9.78 Å². The minimum atomic E-state index is -0.00270. The molecule has 0 bridgehead atoms. The van der Waals surface area contributed by atoms with Crippen molar-refractivity contribution in [2.75, 3.05) is 20.1 Å². The summed E-state index contributed by atoms with van der Waals surface area (Å²) in [6.45, 7) is 4.11. The predicted octanol–water partition coefficient (Wildman–Crippen LogP) is 5.15. The maximum atomic E-state index is 12.8. The highest BCUT2D eigenvalue weighted by Crippen LogP contribution is 2.47. The molecule has 1 N–H and O–H groups in total. The van der Waals surface area contributed by atoms with Crippen molar-refractivity contribution in [3.05, 3.63) is 71.8 Å². The number of piperidine rings is 1. The van der Waals surface area contributed by atoms with Gasteiger partial charge in [0.15, 0.2) is 5.78 Å². The lowest BCUT2D eigenvalue weighted by Crippen LogP contribution is -2.39. The number of ketones is 1. The Balaban J connectivity index is 1.47. The summed E-state index contributed by atoms with van der Waals surface area (Å²) in [6.07, 6.45) is 8.51. The van der Waals surface area contributed by atoms with Gasteiger partial charge in [-0.05, 0) is 69.2 Å². The summed E-state index contributed by atoms with van der Waals surface area (Å²) in [4.78, 5) is 27.6. The number of H-pyrrole nitrogens is 1. The zero-order valence-corrected chi connectivity index (χ0v) is 18.5. The summed E-state index contributed by atoms with van der Waals surface area (Å²) < 4.78 is 0. The standard InChI is InChI=1S/C27H26N4O/c1-17-20(4-3-9-28-17)19-12-22-23(16-30-26(22)29-15-19)18-5-6-21-24(13-18)27(14-25(21)32)7-10-31(2)11-8-27/h3-6,9,12-13,15-16H,7-8,10-11,14H2,1-2H3,(H,29,30). The molecule has 2 aliphatic rings. The van der Waals surface area contributed by atoms with E-state index < -0.39 is 0 Å². The lowest BCUT2D eigenvalue weighted by molar-refractivity contribution is 0.0945. The minimum Gasteiger partial charge on any atom is -0.346 e. The van der Waals surface area contributed by atoms with Crippen molar-refractivity contribution in [2.24, 2.45) is 0 Å². The number of benzene rings is 1. The van der Waals surface area contributed by atoms with E-state index in [1.807, 2.05) is 37.6 Å². The van der Waals surface area contributed by atoms with Crippen LogP contribution in [-0.2, 0) is 5.41 Å². The highest BCUT2D eigenvalue weighted by atomic mass is 16.1. The molecule has 1 spiro atoms. The third kappa shape index (κ3) is 2.92. The monoisotopic (exact) mass is 422 g/mol. The van der Waals surface area contributed by atoms with Gasteiger partial charge in [0.05, 0.1) is 0 Å².